The Morgan fingerprint density at radius 2 is 1.76 bits per heavy atom. The summed E-state index contributed by atoms with van der Waals surface area (Å²) >= 11 is 0. The number of hydrogen-bond donors (Lipinski definition) is 0. The molecule has 0 aliphatic rings. The summed E-state index contributed by atoms with van der Waals surface area (Å²) in [5.41, 5.74) is 0.834. The lowest BCUT2D eigenvalue weighted by Gasteiger charge is -2.24. The first kappa shape index (κ1) is 17.3. The molecule has 0 atom stereocenters. The highest BCUT2D eigenvalue weighted by molar-refractivity contribution is 5.67. The number of nitrogens with zero attached hydrogens (tertiary/aromatic N) is 2. The molecule has 0 aliphatic heterocycles. The molecule has 118 valence electrons. The van der Waals surface area contributed by atoms with E-state index in [0.717, 1.165) is 5.56 Å². The van der Waals surface area contributed by atoms with Gasteiger partial charge in [-0.05, 0) is 19.7 Å². The van der Waals surface area contributed by atoms with Crippen LogP contribution in [-0.2, 0) is 11.3 Å². The Morgan fingerprint density at radius 1 is 1.14 bits per heavy atom. The van der Waals surface area contributed by atoms with Crippen molar-refractivity contribution in [3.63, 3.8) is 0 Å². The molecule has 1 aromatic rings. The first-order valence-corrected chi connectivity index (χ1v) is 6.45. The van der Waals surface area contributed by atoms with Crippen molar-refractivity contribution in [1.82, 2.24) is 9.80 Å². The van der Waals surface area contributed by atoms with E-state index in [4.69, 9.17) is 0 Å². The highest BCUT2D eigenvalue weighted by Crippen LogP contribution is 2.15. The summed E-state index contributed by atoms with van der Waals surface area (Å²) in [6.45, 7) is -0.531. The molecule has 0 bridgehead atoms. The van der Waals surface area contributed by atoms with Crippen LogP contribution in [0.3, 0.4) is 0 Å². The Balaban J connectivity index is 2.65. The maximum Gasteiger partial charge on any atom is 0.422 e. The lowest BCUT2D eigenvalue weighted by Crippen LogP contribution is -2.38. The van der Waals surface area contributed by atoms with Crippen LogP contribution >= 0.6 is 0 Å². The van der Waals surface area contributed by atoms with E-state index < -0.39 is 18.9 Å². The minimum atomic E-state index is -4.52. The normalized spacial score (nSPS) is 11.5. The van der Waals surface area contributed by atoms with Gasteiger partial charge in [-0.1, -0.05) is 30.3 Å². The Bertz CT molecular complexity index is 436. The van der Waals surface area contributed by atoms with Crippen molar-refractivity contribution in [2.45, 2.75) is 12.7 Å². The van der Waals surface area contributed by atoms with Gasteiger partial charge in [0.1, 0.15) is 0 Å². The summed E-state index contributed by atoms with van der Waals surface area (Å²) in [5.74, 6) is 0. The molecule has 1 rings (SSSR count). The van der Waals surface area contributed by atoms with Crippen molar-refractivity contribution in [3.05, 3.63) is 35.9 Å². The average Bonchev–Trinajstić information content (AvgIpc) is 2.41. The fraction of sp³-hybridized carbons (Fsp3) is 0.500. The van der Waals surface area contributed by atoms with Gasteiger partial charge < -0.3 is 14.5 Å². The van der Waals surface area contributed by atoms with Crippen LogP contribution in [0, 0.1) is 0 Å². The first-order chi connectivity index (χ1) is 9.78. The SMILES string of the molecule is CN(C)CCN(Cc1ccccc1)C(=O)OCC(F)(F)F. The van der Waals surface area contributed by atoms with Crippen LogP contribution in [-0.4, -0.2) is 55.9 Å². The monoisotopic (exact) mass is 304 g/mol. The molecule has 0 saturated carbocycles. The van der Waals surface area contributed by atoms with E-state index in [9.17, 15) is 18.0 Å². The smallest absolute Gasteiger partial charge is 0.422 e. The predicted molar refractivity (Wildman–Crippen MR) is 72.8 cm³/mol. The van der Waals surface area contributed by atoms with Gasteiger partial charge >= 0.3 is 12.3 Å². The topological polar surface area (TPSA) is 32.8 Å². The van der Waals surface area contributed by atoms with Crippen LogP contribution in [0.2, 0.25) is 0 Å². The number of halogens is 3. The Labute approximate surface area is 122 Å². The van der Waals surface area contributed by atoms with E-state index >= 15 is 0 Å². The second-order valence-corrected chi connectivity index (χ2v) is 4.88. The van der Waals surface area contributed by atoms with Gasteiger partial charge in [-0.3, -0.25) is 0 Å². The van der Waals surface area contributed by atoms with Gasteiger partial charge in [0.15, 0.2) is 6.61 Å². The average molecular weight is 304 g/mol. The van der Waals surface area contributed by atoms with Gasteiger partial charge in [0.2, 0.25) is 0 Å². The molecular formula is C14H19F3N2O2. The number of hydrogen-bond acceptors (Lipinski definition) is 3. The lowest BCUT2D eigenvalue weighted by molar-refractivity contribution is -0.162. The molecule has 0 fully saturated rings. The van der Waals surface area contributed by atoms with Gasteiger partial charge in [0.25, 0.3) is 0 Å². The first-order valence-electron chi connectivity index (χ1n) is 6.45. The molecule has 7 heteroatoms. The summed E-state index contributed by atoms with van der Waals surface area (Å²) in [5, 5.41) is 0. The minimum absolute atomic E-state index is 0.214. The summed E-state index contributed by atoms with van der Waals surface area (Å²) in [7, 11) is 3.64. The van der Waals surface area contributed by atoms with Crippen LogP contribution in [0.5, 0.6) is 0 Å². The van der Waals surface area contributed by atoms with E-state index in [0.29, 0.717) is 13.1 Å². The number of likely N-dealkylation sites (N-methyl/N-ethyl adjacent to an activating group) is 1. The summed E-state index contributed by atoms with van der Waals surface area (Å²) in [6, 6.07) is 9.05. The standard InChI is InChI=1S/C14H19F3N2O2/c1-18(2)8-9-19(10-12-6-4-3-5-7-12)13(20)21-11-14(15,16)17/h3-7H,8-11H2,1-2H3. The van der Waals surface area contributed by atoms with Crippen molar-refractivity contribution in [2.24, 2.45) is 0 Å². The van der Waals surface area contributed by atoms with Gasteiger partial charge in [0.05, 0.1) is 0 Å². The molecule has 0 N–H and O–H groups in total. The maximum absolute atomic E-state index is 12.1. The van der Waals surface area contributed by atoms with Crippen LogP contribution < -0.4 is 0 Å². The number of carbonyl (C=O) groups is 1. The third-order valence-corrected chi connectivity index (χ3v) is 2.65. The number of carbonyl (C=O) groups excluding carboxylic acids is 1. The Morgan fingerprint density at radius 3 is 2.29 bits per heavy atom. The van der Waals surface area contributed by atoms with Crippen molar-refractivity contribution >= 4 is 6.09 Å². The maximum atomic E-state index is 12.1. The number of alkyl halides is 3. The Hall–Kier alpha value is -1.76. The number of rotatable bonds is 6. The molecule has 1 amide bonds. The quantitative estimate of drug-likeness (QED) is 0.810. The summed E-state index contributed by atoms with van der Waals surface area (Å²) < 4.78 is 40.7. The fourth-order valence-corrected chi connectivity index (χ4v) is 1.59. The molecule has 0 unspecified atom stereocenters. The van der Waals surface area contributed by atoms with Crippen molar-refractivity contribution in [3.8, 4) is 0 Å². The van der Waals surface area contributed by atoms with E-state index in [1.54, 1.807) is 24.3 Å². The van der Waals surface area contributed by atoms with Crippen molar-refractivity contribution < 1.29 is 22.7 Å². The highest BCUT2D eigenvalue weighted by Gasteiger charge is 2.30. The highest BCUT2D eigenvalue weighted by atomic mass is 19.4. The number of benzene rings is 1. The predicted octanol–water partition coefficient (Wildman–Crippen LogP) is 2.75. The second-order valence-electron chi connectivity index (χ2n) is 4.88. The van der Waals surface area contributed by atoms with E-state index in [1.807, 2.05) is 25.1 Å². The molecule has 1 aromatic carbocycles. The number of ether oxygens (including phenoxy) is 1. The van der Waals surface area contributed by atoms with Crippen molar-refractivity contribution in [2.75, 3.05) is 33.8 Å². The zero-order valence-corrected chi connectivity index (χ0v) is 12.1. The van der Waals surface area contributed by atoms with Crippen molar-refractivity contribution in [1.29, 1.82) is 0 Å². The molecular weight excluding hydrogens is 285 g/mol. The third kappa shape index (κ3) is 7.55. The van der Waals surface area contributed by atoms with E-state index in [2.05, 4.69) is 4.74 Å². The third-order valence-electron chi connectivity index (χ3n) is 2.65. The van der Waals surface area contributed by atoms with Gasteiger partial charge in [-0.25, -0.2) is 4.79 Å². The molecule has 0 heterocycles. The molecule has 21 heavy (non-hydrogen) atoms. The molecule has 0 aliphatic carbocycles. The largest absolute Gasteiger partial charge is 0.440 e. The van der Waals surface area contributed by atoms with Gasteiger partial charge in [-0.2, -0.15) is 13.2 Å². The second kappa shape index (κ2) is 7.87. The Kier molecular flexibility index (Phi) is 6.48. The van der Waals surface area contributed by atoms with Gasteiger partial charge in [-0.15, -0.1) is 0 Å². The van der Waals surface area contributed by atoms with E-state index in [1.165, 1.54) is 4.90 Å². The lowest BCUT2D eigenvalue weighted by atomic mass is 10.2. The van der Waals surface area contributed by atoms with Crippen LogP contribution in [0.1, 0.15) is 5.56 Å². The summed E-state index contributed by atoms with van der Waals surface area (Å²) in [4.78, 5) is 14.9. The molecule has 4 nitrogen and oxygen atoms in total. The van der Waals surface area contributed by atoms with Crippen LogP contribution in [0.25, 0.3) is 0 Å². The molecule has 0 radical (unpaired) electrons. The zero-order valence-electron chi connectivity index (χ0n) is 12.1. The number of amides is 1. The van der Waals surface area contributed by atoms with Gasteiger partial charge in [0, 0.05) is 19.6 Å². The minimum Gasteiger partial charge on any atom is -0.440 e. The molecule has 0 aromatic heterocycles. The molecule has 0 spiro atoms. The van der Waals surface area contributed by atoms with Crippen LogP contribution in [0.15, 0.2) is 30.3 Å². The van der Waals surface area contributed by atoms with Crippen LogP contribution in [0.4, 0.5) is 18.0 Å². The van der Waals surface area contributed by atoms with E-state index in [-0.39, 0.29) is 6.54 Å². The fourth-order valence-electron chi connectivity index (χ4n) is 1.59. The zero-order chi connectivity index (χ0) is 15.9. The summed E-state index contributed by atoms with van der Waals surface area (Å²) in [6.07, 6.45) is -5.48. The molecule has 0 saturated heterocycles.